The normalized spacial score (nSPS) is 25.8. The van der Waals surface area contributed by atoms with Crippen LogP contribution in [0.4, 0.5) is 8.78 Å². The van der Waals surface area contributed by atoms with Crippen LogP contribution in [0.1, 0.15) is 31.2 Å². The fraction of sp³-hybridized carbons (Fsp3) is 0.500. The third kappa shape index (κ3) is 1.88. The quantitative estimate of drug-likeness (QED) is 0.793. The predicted molar refractivity (Wildman–Crippen MR) is 55.8 cm³/mol. The van der Waals surface area contributed by atoms with Gasteiger partial charge in [-0.2, -0.15) is 0 Å². The zero-order chi connectivity index (χ0) is 10.8. The van der Waals surface area contributed by atoms with Gasteiger partial charge in [0.2, 0.25) is 0 Å². The summed E-state index contributed by atoms with van der Waals surface area (Å²) < 4.78 is 27.1. The molecule has 0 bridgehead atoms. The van der Waals surface area contributed by atoms with Gasteiger partial charge in [-0.05, 0) is 31.5 Å². The molecular formula is C12H15F2N. The van der Waals surface area contributed by atoms with Crippen molar-refractivity contribution in [1.29, 1.82) is 0 Å². The first-order valence-corrected chi connectivity index (χ1v) is 5.41. The lowest BCUT2D eigenvalue weighted by molar-refractivity contribution is 0.475. The van der Waals surface area contributed by atoms with E-state index in [2.05, 4.69) is 5.32 Å². The average Bonchev–Trinajstić information content (AvgIpc) is 2.65. The van der Waals surface area contributed by atoms with Crippen LogP contribution in [-0.4, -0.2) is 12.6 Å². The smallest absolute Gasteiger partial charge is 0.129 e. The molecule has 1 saturated heterocycles. The lowest BCUT2D eigenvalue weighted by Crippen LogP contribution is -2.25. The monoisotopic (exact) mass is 211 g/mol. The molecule has 0 aromatic heterocycles. The van der Waals surface area contributed by atoms with Gasteiger partial charge in [0.05, 0.1) is 0 Å². The standard InChI is InChI=1S/C12H15F2N/c1-2-11-8(6-7-15-11)12-9(13)4-3-5-10(12)14/h3-5,8,11,15H,2,6-7H2,1H3. The van der Waals surface area contributed by atoms with E-state index in [-0.39, 0.29) is 17.5 Å². The lowest BCUT2D eigenvalue weighted by Gasteiger charge is -2.19. The second kappa shape index (κ2) is 4.27. The van der Waals surface area contributed by atoms with Crippen molar-refractivity contribution in [1.82, 2.24) is 5.32 Å². The fourth-order valence-corrected chi connectivity index (χ4v) is 2.41. The third-order valence-electron chi connectivity index (χ3n) is 3.16. The number of benzene rings is 1. The molecule has 82 valence electrons. The van der Waals surface area contributed by atoms with Gasteiger partial charge >= 0.3 is 0 Å². The Morgan fingerprint density at radius 2 is 2.00 bits per heavy atom. The maximum Gasteiger partial charge on any atom is 0.129 e. The van der Waals surface area contributed by atoms with E-state index in [1.807, 2.05) is 6.92 Å². The Morgan fingerprint density at radius 1 is 1.33 bits per heavy atom. The van der Waals surface area contributed by atoms with E-state index in [1.165, 1.54) is 18.2 Å². The minimum absolute atomic E-state index is 0.0174. The van der Waals surface area contributed by atoms with Crippen LogP contribution in [0.25, 0.3) is 0 Å². The van der Waals surface area contributed by atoms with Gasteiger partial charge in [0.15, 0.2) is 0 Å². The molecule has 1 aromatic rings. The molecule has 3 heteroatoms. The van der Waals surface area contributed by atoms with Gasteiger partial charge in [-0.15, -0.1) is 0 Å². The maximum absolute atomic E-state index is 13.5. The summed E-state index contributed by atoms with van der Waals surface area (Å²) in [5.74, 6) is -0.847. The van der Waals surface area contributed by atoms with E-state index < -0.39 is 11.6 Å². The van der Waals surface area contributed by atoms with Gasteiger partial charge in [-0.25, -0.2) is 8.78 Å². The zero-order valence-corrected chi connectivity index (χ0v) is 8.76. The molecule has 15 heavy (non-hydrogen) atoms. The number of rotatable bonds is 2. The van der Waals surface area contributed by atoms with Crippen LogP contribution < -0.4 is 5.32 Å². The summed E-state index contributed by atoms with van der Waals surface area (Å²) in [4.78, 5) is 0. The van der Waals surface area contributed by atoms with E-state index in [0.717, 1.165) is 19.4 Å². The summed E-state index contributed by atoms with van der Waals surface area (Å²) in [5.41, 5.74) is 0.259. The van der Waals surface area contributed by atoms with Gasteiger partial charge in [0.25, 0.3) is 0 Å². The van der Waals surface area contributed by atoms with Crippen molar-refractivity contribution in [2.75, 3.05) is 6.54 Å². The highest BCUT2D eigenvalue weighted by Gasteiger charge is 2.30. The Balaban J connectivity index is 2.36. The molecular weight excluding hydrogens is 196 g/mol. The minimum atomic E-state index is -0.415. The average molecular weight is 211 g/mol. The molecule has 0 spiro atoms. The van der Waals surface area contributed by atoms with Crippen LogP contribution in [0.5, 0.6) is 0 Å². The van der Waals surface area contributed by atoms with Gasteiger partial charge in [-0.1, -0.05) is 13.0 Å². The molecule has 2 atom stereocenters. The van der Waals surface area contributed by atoms with E-state index >= 15 is 0 Å². The first-order chi connectivity index (χ1) is 7.24. The Kier molecular flexibility index (Phi) is 3.00. The van der Waals surface area contributed by atoms with Gasteiger partial charge in [0.1, 0.15) is 11.6 Å². The third-order valence-corrected chi connectivity index (χ3v) is 3.16. The topological polar surface area (TPSA) is 12.0 Å². The Bertz CT molecular complexity index is 331. The molecule has 0 amide bonds. The largest absolute Gasteiger partial charge is 0.313 e. The molecule has 1 aromatic carbocycles. The Morgan fingerprint density at radius 3 is 2.60 bits per heavy atom. The Hall–Kier alpha value is -0.960. The van der Waals surface area contributed by atoms with Crippen LogP contribution in [0.3, 0.4) is 0 Å². The van der Waals surface area contributed by atoms with Crippen LogP contribution in [-0.2, 0) is 0 Å². The van der Waals surface area contributed by atoms with Crippen molar-refractivity contribution in [3.8, 4) is 0 Å². The molecule has 1 fully saturated rings. The highest BCUT2D eigenvalue weighted by atomic mass is 19.1. The summed E-state index contributed by atoms with van der Waals surface area (Å²) in [6, 6.07) is 4.29. The molecule has 1 heterocycles. The summed E-state index contributed by atoms with van der Waals surface area (Å²) >= 11 is 0. The van der Waals surface area contributed by atoms with Crippen molar-refractivity contribution in [2.24, 2.45) is 0 Å². The van der Waals surface area contributed by atoms with E-state index in [4.69, 9.17) is 0 Å². The molecule has 1 nitrogen and oxygen atoms in total. The van der Waals surface area contributed by atoms with Gasteiger partial charge < -0.3 is 5.32 Å². The second-order valence-corrected chi connectivity index (χ2v) is 4.00. The highest BCUT2D eigenvalue weighted by Crippen LogP contribution is 2.32. The predicted octanol–water partition coefficient (Wildman–Crippen LogP) is 2.82. The fourth-order valence-electron chi connectivity index (χ4n) is 2.41. The molecule has 1 aliphatic rings. The first kappa shape index (κ1) is 10.6. The molecule has 0 saturated carbocycles. The number of nitrogens with one attached hydrogen (secondary N) is 1. The van der Waals surface area contributed by atoms with Crippen LogP contribution in [0.2, 0.25) is 0 Å². The van der Waals surface area contributed by atoms with Crippen LogP contribution >= 0.6 is 0 Å². The van der Waals surface area contributed by atoms with Gasteiger partial charge in [0, 0.05) is 17.5 Å². The van der Waals surface area contributed by atoms with Crippen molar-refractivity contribution in [2.45, 2.75) is 31.7 Å². The van der Waals surface area contributed by atoms with Crippen LogP contribution in [0.15, 0.2) is 18.2 Å². The van der Waals surface area contributed by atoms with Crippen molar-refractivity contribution >= 4 is 0 Å². The molecule has 1 N–H and O–H groups in total. The molecule has 0 radical (unpaired) electrons. The van der Waals surface area contributed by atoms with Crippen molar-refractivity contribution < 1.29 is 8.78 Å². The summed E-state index contributed by atoms with van der Waals surface area (Å²) in [7, 11) is 0. The second-order valence-electron chi connectivity index (χ2n) is 4.00. The lowest BCUT2D eigenvalue weighted by atomic mass is 9.90. The number of halogens is 2. The van der Waals surface area contributed by atoms with E-state index in [0.29, 0.717) is 0 Å². The Labute approximate surface area is 88.5 Å². The SMILES string of the molecule is CCC1NCCC1c1c(F)cccc1F. The summed E-state index contributed by atoms with van der Waals surface area (Å²) in [6.45, 7) is 2.88. The number of hydrogen-bond donors (Lipinski definition) is 1. The minimum Gasteiger partial charge on any atom is -0.313 e. The van der Waals surface area contributed by atoms with E-state index in [1.54, 1.807) is 0 Å². The zero-order valence-electron chi connectivity index (χ0n) is 8.76. The maximum atomic E-state index is 13.5. The first-order valence-electron chi connectivity index (χ1n) is 5.41. The van der Waals surface area contributed by atoms with Crippen LogP contribution in [0, 0.1) is 11.6 Å². The van der Waals surface area contributed by atoms with E-state index in [9.17, 15) is 8.78 Å². The highest BCUT2D eigenvalue weighted by molar-refractivity contribution is 5.26. The molecule has 0 aliphatic carbocycles. The van der Waals surface area contributed by atoms with Gasteiger partial charge in [-0.3, -0.25) is 0 Å². The molecule has 2 unspecified atom stereocenters. The number of hydrogen-bond acceptors (Lipinski definition) is 1. The van der Waals surface area contributed by atoms with Crippen molar-refractivity contribution in [3.05, 3.63) is 35.4 Å². The molecule has 1 aliphatic heterocycles. The summed E-state index contributed by atoms with van der Waals surface area (Å²) in [6.07, 6.45) is 1.72. The van der Waals surface area contributed by atoms with Crippen molar-refractivity contribution in [3.63, 3.8) is 0 Å². The molecule has 2 rings (SSSR count). The summed E-state index contributed by atoms with van der Waals surface area (Å²) in [5, 5.41) is 3.28.